The van der Waals surface area contributed by atoms with E-state index >= 15 is 0 Å². The molecule has 2 aromatic carbocycles. The third-order valence-electron chi connectivity index (χ3n) is 6.44. The van der Waals surface area contributed by atoms with Crippen molar-refractivity contribution in [1.82, 2.24) is 20.0 Å². The maximum Gasteiger partial charge on any atom is 0.416 e. The van der Waals surface area contributed by atoms with Crippen molar-refractivity contribution in [3.8, 4) is 0 Å². The van der Waals surface area contributed by atoms with E-state index in [1.54, 1.807) is 29.3 Å². The summed E-state index contributed by atoms with van der Waals surface area (Å²) in [5.41, 5.74) is 0.605. The number of amides is 1. The number of piperazine rings is 1. The molecule has 0 radical (unpaired) electrons. The highest BCUT2D eigenvalue weighted by Gasteiger charge is 2.37. The van der Waals surface area contributed by atoms with Crippen molar-refractivity contribution in [3.63, 3.8) is 0 Å². The van der Waals surface area contributed by atoms with Gasteiger partial charge in [-0.1, -0.05) is 23.7 Å². The summed E-state index contributed by atoms with van der Waals surface area (Å²) in [4.78, 5) is 20.4. The first kappa shape index (κ1) is 27.5. The highest BCUT2D eigenvalue weighted by atomic mass is 35.5. The summed E-state index contributed by atoms with van der Waals surface area (Å²) in [6.07, 6.45) is -7.65. The number of carbonyl (C=O) groups excluding carboxylic acids is 1. The highest BCUT2D eigenvalue weighted by molar-refractivity contribution is 8.18. The van der Waals surface area contributed by atoms with Gasteiger partial charge in [0.2, 0.25) is 0 Å². The van der Waals surface area contributed by atoms with Gasteiger partial charge in [-0.25, -0.2) is 0 Å². The molecule has 0 unspecified atom stereocenters. The van der Waals surface area contributed by atoms with E-state index in [9.17, 15) is 31.1 Å². The van der Waals surface area contributed by atoms with E-state index in [1.807, 2.05) is 0 Å². The summed E-state index contributed by atoms with van der Waals surface area (Å²) in [7, 11) is 0. The van der Waals surface area contributed by atoms with Gasteiger partial charge in [-0.05, 0) is 59.1 Å². The molecule has 206 valence electrons. The largest absolute Gasteiger partial charge is 0.416 e. The van der Waals surface area contributed by atoms with Crippen LogP contribution in [0, 0.1) is 0 Å². The van der Waals surface area contributed by atoms with Crippen molar-refractivity contribution in [3.05, 3.63) is 69.2 Å². The number of halogens is 7. The van der Waals surface area contributed by atoms with Crippen LogP contribution in [-0.2, 0) is 17.4 Å². The van der Waals surface area contributed by atoms with Crippen LogP contribution in [0.3, 0.4) is 0 Å². The first-order valence-electron chi connectivity index (χ1n) is 11.7. The van der Waals surface area contributed by atoms with Crippen LogP contribution in [0.2, 0.25) is 5.02 Å². The number of aromatic nitrogens is 2. The molecule has 6 nitrogen and oxygen atoms in total. The lowest BCUT2D eigenvalue weighted by Crippen LogP contribution is -2.50. The zero-order valence-corrected chi connectivity index (χ0v) is 21.6. The molecule has 39 heavy (non-hydrogen) atoms. The first-order valence-corrected chi connectivity index (χ1v) is 12.9. The Labute approximate surface area is 227 Å². The summed E-state index contributed by atoms with van der Waals surface area (Å²) in [5, 5.41) is 7.74. The summed E-state index contributed by atoms with van der Waals surface area (Å²) in [6, 6.07) is 8.63. The van der Waals surface area contributed by atoms with Crippen molar-refractivity contribution in [2.24, 2.45) is 4.99 Å². The molecular formula is C25H20ClF6N5OS. The van der Waals surface area contributed by atoms with Crippen LogP contribution in [0.1, 0.15) is 16.7 Å². The smallest absolute Gasteiger partial charge is 0.348 e. The van der Waals surface area contributed by atoms with E-state index in [2.05, 4.69) is 15.2 Å². The van der Waals surface area contributed by atoms with Gasteiger partial charge in [0.1, 0.15) is 0 Å². The molecule has 0 bridgehead atoms. The van der Waals surface area contributed by atoms with Crippen molar-refractivity contribution in [1.29, 1.82) is 0 Å². The lowest BCUT2D eigenvalue weighted by Gasteiger charge is -2.35. The third kappa shape index (κ3) is 6.25. The Balaban J connectivity index is 1.48. The average molecular weight is 588 g/mol. The van der Waals surface area contributed by atoms with Gasteiger partial charge >= 0.3 is 12.4 Å². The fourth-order valence-corrected chi connectivity index (χ4v) is 5.81. The number of benzene rings is 2. The maximum atomic E-state index is 13.9. The van der Waals surface area contributed by atoms with Crippen LogP contribution in [0.15, 0.2) is 52.5 Å². The summed E-state index contributed by atoms with van der Waals surface area (Å²) >= 11 is 6.88. The van der Waals surface area contributed by atoms with Gasteiger partial charge in [0.05, 0.1) is 28.7 Å². The topological polar surface area (TPSA) is 64.6 Å². The Morgan fingerprint density at radius 1 is 1.03 bits per heavy atom. The lowest BCUT2D eigenvalue weighted by molar-refractivity contribution is -0.148. The van der Waals surface area contributed by atoms with Crippen LogP contribution in [0.25, 0.3) is 16.5 Å². The number of H-pyrrole nitrogens is 1. The van der Waals surface area contributed by atoms with Gasteiger partial charge in [-0.2, -0.15) is 36.4 Å². The number of allylic oxidation sites excluding steroid dienone is 1. The monoisotopic (exact) mass is 587 g/mol. The fourth-order valence-electron chi connectivity index (χ4n) is 4.57. The predicted molar refractivity (Wildman–Crippen MR) is 137 cm³/mol. The van der Waals surface area contributed by atoms with Crippen LogP contribution in [0.5, 0.6) is 0 Å². The fraction of sp³-hybridized carbons (Fsp3) is 0.320. The van der Waals surface area contributed by atoms with Gasteiger partial charge < -0.3 is 4.90 Å². The quantitative estimate of drug-likeness (QED) is 0.300. The molecule has 1 fully saturated rings. The van der Waals surface area contributed by atoms with Crippen LogP contribution in [-0.4, -0.2) is 70.0 Å². The second-order valence-electron chi connectivity index (χ2n) is 9.14. The molecule has 1 saturated heterocycles. The minimum Gasteiger partial charge on any atom is -0.348 e. The van der Waals surface area contributed by atoms with Crippen LogP contribution >= 0.6 is 23.4 Å². The minimum atomic E-state index is -4.67. The molecule has 1 N–H and O–H groups in total. The second kappa shape index (κ2) is 10.5. The number of hydrogen-bond acceptors (Lipinski definition) is 5. The molecular weight excluding hydrogens is 568 g/mol. The number of alkyl halides is 6. The lowest BCUT2D eigenvalue weighted by atomic mass is 9.93. The molecule has 0 saturated carbocycles. The number of aliphatic imine (C=N–C) groups is 1. The molecule has 1 amide bonds. The number of aromatic amines is 1. The van der Waals surface area contributed by atoms with Crippen molar-refractivity contribution < 1.29 is 31.1 Å². The number of rotatable bonds is 4. The average Bonchev–Trinajstić information content (AvgIpc) is 3.48. The molecule has 3 heterocycles. The van der Waals surface area contributed by atoms with E-state index in [1.165, 1.54) is 17.0 Å². The van der Waals surface area contributed by atoms with Crippen molar-refractivity contribution in [2.45, 2.75) is 18.8 Å². The summed E-state index contributed by atoms with van der Waals surface area (Å²) in [5.74, 6) is -0.613. The van der Waals surface area contributed by atoms with E-state index < -0.39 is 30.4 Å². The summed E-state index contributed by atoms with van der Waals surface area (Å²) in [6.45, 7) is -0.289. The van der Waals surface area contributed by atoms with Crippen molar-refractivity contribution >= 4 is 50.9 Å². The number of nitrogens with zero attached hydrogens (tertiary/aromatic N) is 4. The molecule has 3 aromatic rings. The maximum absolute atomic E-state index is 13.9. The molecule has 0 atom stereocenters. The zero-order chi connectivity index (χ0) is 27.9. The predicted octanol–water partition coefficient (Wildman–Crippen LogP) is 6.00. The van der Waals surface area contributed by atoms with E-state index in [0.29, 0.717) is 27.2 Å². The Kier molecular flexibility index (Phi) is 7.42. The van der Waals surface area contributed by atoms with Crippen molar-refractivity contribution in [2.75, 3.05) is 32.7 Å². The zero-order valence-electron chi connectivity index (χ0n) is 20.0. The molecule has 5 rings (SSSR count). The van der Waals surface area contributed by atoms with Gasteiger partial charge in [0.25, 0.3) is 5.91 Å². The Morgan fingerprint density at radius 3 is 2.46 bits per heavy atom. The normalized spacial score (nSPS) is 18.7. The number of thioether (sulfide) groups is 1. The SMILES string of the molecule is O=C1N=C(N2CCN(CC(F)(F)F)CC2)SC1=C(Cc1ccc(Cl)cc1C(F)(F)F)c1ccc2[nH]ncc2c1. The Hall–Kier alpha value is -3.03. The number of amidine groups is 1. The second-order valence-corrected chi connectivity index (χ2v) is 10.5. The van der Waals surface area contributed by atoms with Gasteiger partial charge in [0, 0.05) is 36.6 Å². The first-order chi connectivity index (χ1) is 18.4. The minimum absolute atomic E-state index is 0.0655. The standard InChI is InChI=1S/C25H20ClF6N5OS/c26-17-3-1-15(19(11-17)25(30,31)32)10-18(14-2-4-20-16(9-14)12-33-35-20)21-22(38)34-23(39-21)37-7-5-36(6-8-37)13-24(27,28)29/h1-4,9,11-12H,5-8,10,13H2,(H,33,35). The molecule has 0 aliphatic carbocycles. The van der Waals surface area contributed by atoms with Gasteiger partial charge in [-0.15, -0.1) is 0 Å². The Bertz CT molecular complexity index is 1470. The molecule has 2 aliphatic heterocycles. The van der Waals surface area contributed by atoms with Crippen LogP contribution in [0.4, 0.5) is 26.3 Å². The number of nitrogens with one attached hydrogen (secondary N) is 1. The molecule has 2 aliphatic rings. The van der Waals surface area contributed by atoms with E-state index in [0.717, 1.165) is 17.8 Å². The number of hydrogen-bond donors (Lipinski definition) is 1. The van der Waals surface area contributed by atoms with E-state index in [4.69, 9.17) is 11.6 Å². The number of carbonyl (C=O) groups is 1. The third-order valence-corrected chi connectivity index (χ3v) is 7.83. The molecule has 14 heteroatoms. The Morgan fingerprint density at radius 2 is 1.77 bits per heavy atom. The molecule has 1 aromatic heterocycles. The van der Waals surface area contributed by atoms with Gasteiger partial charge in [-0.3, -0.25) is 14.8 Å². The molecule has 0 spiro atoms. The van der Waals surface area contributed by atoms with Crippen LogP contribution < -0.4 is 0 Å². The highest BCUT2D eigenvalue weighted by Crippen LogP contribution is 2.40. The van der Waals surface area contributed by atoms with Gasteiger partial charge in [0.15, 0.2) is 5.17 Å². The number of fused-ring (bicyclic) bond motifs is 1. The van der Waals surface area contributed by atoms with E-state index in [-0.39, 0.29) is 48.1 Å². The summed E-state index contributed by atoms with van der Waals surface area (Å²) < 4.78 is 79.9.